The van der Waals surface area contributed by atoms with Crippen LogP contribution >= 0.6 is 0 Å². The highest BCUT2D eigenvalue weighted by molar-refractivity contribution is 7.89. The standard InChI is InChI=1S/C16H19N3O3S/c1-12-16(13(2)22-18-12)23(20,21)17-11-7-9-14-8-5-6-10-15(14)19(3)4/h5-6,8,10,17H,11H2,1-4H3. The van der Waals surface area contributed by atoms with Gasteiger partial charge in [-0.05, 0) is 26.0 Å². The van der Waals surface area contributed by atoms with Gasteiger partial charge >= 0.3 is 0 Å². The van der Waals surface area contributed by atoms with Gasteiger partial charge in [-0.25, -0.2) is 8.42 Å². The Kier molecular flexibility index (Phi) is 5.08. The van der Waals surface area contributed by atoms with Crippen LogP contribution in [0.2, 0.25) is 0 Å². The first-order chi connectivity index (χ1) is 10.8. The van der Waals surface area contributed by atoms with Gasteiger partial charge in [0.25, 0.3) is 0 Å². The van der Waals surface area contributed by atoms with Crippen molar-refractivity contribution in [3.05, 3.63) is 41.3 Å². The van der Waals surface area contributed by atoms with E-state index < -0.39 is 10.0 Å². The zero-order valence-corrected chi connectivity index (χ0v) is 14.4. The molecule has 0 aliphatic carbocycles. The van der Waals surface area contributed by atoms with E-state index in [1.807, 2.05) is 43.3 Å². The maximum Gasteiger partial charge on any atom is 0.246 e. The molecule has 0 bridgehead atoms. The molecule has 7 heteroatoms. The average molecular weight is 333 g/mol. The van der Waals surface area contributed by atoms with E-state index >= 15 is 0 Å². The lowest BCUT2D eigenvalue weighted by Crippen LogP contribution is -2.25. The number of rotatable bonds is 4. The predicted molar refractivity (Wildman–Crippen MR) is 88.8 cm³/mol. The van der Waals surface area contributed by atoms with E-state index in [0.717, 1.165) is 11.3 Å². The molecule has 0 fully saturated rings. The van der Waals surface area contributed by atoms with Gasteiger partial charge in [-0.15, -0.1) is 0 Å². The number of aromatic nitrogens is 1. The third-order valence-electron chi connectivity index (χ3n) is 3.20. The van der Waals surface area contributed by atoms with Crippen molar-refractivity contribution in [3.63, 3.8) is 0 Å². The van der Waals surface area contributed by atoms with E-state index in [1.54, 1.807) is 13.8 Å². The molecule has 1 aromatic carbocycles. The molecule has 0 radical (unpaired) electrons. The van der Waals surface area contributed by atoms with Gasteiger partial charge in [0.15, 0.2) is 5.76 Å². The van der Waals surface area contributed by atoms with Crippen LogP contribution in [0.15, 0.2) is 33.7 Å². The van der Waals surface area contributed by atoms with Gasteiger partial charge in [-0.3, -0.25) is 0 Å². The van der Waals surface area contributed by atoms with E-state index in [-0.39, 0.29) is 17.2 Å². The van der Waals surface area contributed by atoms with Gasteiger partial charge in [0, 0.05) is 19.7 Å². The van der Waals surface area contributed by atoms with Crippen LogP contribution in [0.5, 0.6) is 0 Å². The van der Waals surface area contributed by atoms with Gasteiger partial charge in [0.1, 0.15) is 10.6 Å². The lowest BCUT2D eigenvalue weighted by molar-refractivity contribution is 0.390. The van der Waals surface area contributed by atoms with Gasteiger partial charge in [-0.1, -0.05) is 29.1 Å². The summed E-state index contributed by atoms with van der Waals surface area (Å²) in [6.07, 6.45) is 0. The molecule has 122 valence electrons. The van der Waals surface area contributed by atoms with Gasteiger partial charge in [-0.2, -0.15) is 4.72 Å². The fraction of sp³-hybridized carbons (Fsp3) is 0.312. The Morgan fingerprint density at radius 3 is 2.57 bits per heavy atom. The number of para-hydroxylation sites is 1. The molecule has 0 spiro atoms. The Hall–Kier alpha value is -2.30. The van der Waals surface area contributed by atoms with Crippen LogP contribution in [0.3, 0.4) is 0 Å². The molecule has 2 aromatic rings. The van der Waals surface area contributed by atoms with E-state index in [2.05, 4.69) is 21.7 Å². The number of sulfonamides is 1. The van der Waals surface area contributed by atoms with Crippen molar-refractivity contribution in [2.45, 2.75) is 18.7 Å². The molecule has 0 aliphatic heterocycles. The molecule has 1 N–H and O–H groups in total. The van der Waals surface area contributed by atoms with Gasteiger partial charge < -0.3 is 9.42 Å². The number of nitrogens with zero attached hydrogens (tertiary/aromatic N) is 2. The molecule has 2 rings (SSSR count). The summed E-state index contributed by atoms with van der Waals surface area (Å²) in [5.74, 6) is 6.08. The molecule has 0 aliphatic rings. The van der Waals surface area contributed by atoms with E-state index in [1.165, 1.54) is 0 Å². The number of hydrogen-bond donors (Lipinski definition) is 1. The average Bonchev–Trinajstić information content (AvgIpc) is 2.83. The molecule has 6 nitrogen and oxygen atoms in total. The molecule has 1 heterocycles. The monoisotopic (exact) mass is 333 g/mol. The Morgan fingerprint density at radius 1 is 1.26 bits per heavy atom. The maximum absolute atomic E-state index is 12.2. The Bertz CT molecular complexity index is 839. The first-order valence-corrected chi connectivity index (χ1v) is 8.49. The van der Waals surface area contributed by atoms with Gasteiger partial charge in [0.05, 0.1) is 12.2 Å². The van der Waals surface area contributed by atoms with Crippen LogP contribution in [0.25, 0.3) is 0 Å². The Morgan fingerprint density at radius 2 is 1.96 bits per heavy atom. The lowest BCUT2D eigenvalue weighted by Gasteiger charge is -2.13. The SMILES string of the molecule is Cc1noc(C)c1S(=O)(=O)NCC#Cc1ccccc1N(C)C. The van der Waals surface area contributed by atoms with Crippen LogP contribution in [0.1, 0.15) is 17.0 Å². The number of hydrogen-bond acceptors (Lipinski definition) is 5. The van der Waals surface area contributed by atoms with Crippen molar-refractivity contribution in [1.82, 2.24) is 9.88 Å². The molecular formula is C16H19N3O3S. The summed E-state index contributed by atoms with van der Waals surface area (Å²) in [4.78, 5) is 2.03. The highest BCUT2D eigenvalue weighted by Gasteiger charge is 2.23. The fourth-order valence-electron chi connectivity index (χ4n) is 2.17. The maximum atomic E-state index is 12.2. The highest BCUT2D eigenvalue weighted by atomic mass is 32.2. The normalized spacial score (nSPS) is 11.0. The van der Waals surface area contributed by atoms with Crippen LogP contribution in [0.4, 0.5) is 5.69 Å². The van der Waals surface area contributed by atoms with Crippen molar-refractivity contribution in [1.29, 1.82) is 0 Å². The second-order valence-corrected chi connectivity index (χ2v) is 6.89. The predicted octanol–water partition coefficient (Wildman–Crippen LogP) is 1.69. The minimum absolute atomic E-state index is 0.00809. The molecule has 23 heavy (non-hydrogen) atoms. The van der Waals surface area contributed by atoms with E-state index in [4.69, 9.17) is 4.52 Å². The van der Waals surface area contributed by atoms with Crippen LogP contribution in [0, 0.1) is 25.7 Å². The number of nitrogens with one attached hydrogen (secondary N) is 1. The van der Waals surface area contributed by atoms with Crippen LogP contribution in [-0.2, 0) is 10.0 Å². The van der Waals surface area contributed by atoms with Crippen molar-refractivity contribution in [2.75, 3.05) is 25.5 Å². The summed E-state index contributed by atoms with van der Waals surface area (Å²) < 4.78 is 31.8. The zero-order valence-electron chi connectivity index (χ0n) is 13.5. The van der Waals surface area contributed by atoms with E-state index in [9.17, 15) is 8.42 Å². The first kappa shape index (κ1) is 17.1. The molecule has 1 aromatic heterocycles. The summed E-state index contributed by atoms with van der Waals surface area (Å²) in [5, 5.41) is 3.65. The van der Waals surface area contributed by atoms with Crippen LogP contribution < -0.4 is 9.62 Å². The zero-order chi connectivity index (χ0) is 17.0. The summed E-state index contributed by atoms with van der Waals surface area (Å²) in [6.45, 7) is 3.16. The molecule has 0 atom stereocenters. The summed E-state index contributed by atoms with van der Waals surface area (Å²) >= 11 is 0. The second kappa shape index (κ2) is 6.86. The smallest absolute Gasteiger partial charge is 0.246 e. The lowest BCUT2D eigenvalue weighted by atomic mass is 10.1. The third-order valence-corrected chi connectivity index (χ3v) is 4.84. The minimum atomic E-state index is -3.68. The fourth-order valence-corrected chi connectivity index (χ4v) is 3.42. The van der Waals surface area contributed by atoms with Crippen LogP contribution in [-0.4, -0.2) is 34.2 Å². The van der Waals surface area contributed by atoms with Crippen molar-refractivity contribution in [3.8, 4) is 11.8 Å². The molecule has 0 saturated heterocycles. The summed E-state index contributed by atoms with van der Waals surface area (Å²) in [5.41, 5.74) is 2.16. The molecular weight excluding hydrogens is 314 g/mol. The molecule has 0 amide bonds. The Labute approximate surface area is 136 Å². The summed E-state index contributed by atoms with van der Waals surface area (Å²) in [7, 11) is 0.184. The molecule has 0 saturated carbocycles. The largest absolute Gasteiger partial charge is 0.377 e. The Balaban J connectivity index is 2.13. The van der Waals surface area contributed by atoms with Crippen molar-refractivity contribution >= 4 is 15.7 Å². The second-order valence-electron chi connectivity index (χ2n) is 5.19. The summed E-state index contributed by atoms with van der Waals surface area (Å²) in [6, 6.07) is 7.68. The number of anilines is 1. The topological polar surface area (TPSA) is 75.4 Å². The quantitative estimate of drug-likeness (QED) is 0.862. The van der Waals surface area contributed by atoms with Crippen molar-refractivity contribution < 1.29 is 12.9 Å². The van der Waals surface area contributed by atoms with Gasteiger partial charge in [0.2, 0.25) is 10.0 Å². The number of benzene rings is 1. The number of aryl methyl sites for hydroxylation is 2. The third kappa shape index (κ3) is 3.92. The highest BCUT2D eigenvalue weighted by Crippen LogP contribution is 2.18. The van der Waals surface area contributed by atoms with Crippen molar-refractivity contribution in [2.24, 2.45) is 0 Å². The van der Waals surface area contributed by atoms with E-state index in [0.29, 0.717) is 5.69 Å². The minimum Gasteiger partial charge on any atom is -0.377 e. The molecule has 0 unspecified atom stereocenters. The first-order valence-electron chi connectivity index (χ1n) is 7.00.